The summed E-state index contributed by atoms with van der Waals surface area (Å²) in [5, 5.41) is 0.685. The quantitative estimate of drug-likeness (QED) is 0.938. The van der Waals surface area contributed by atoms with Gasteiger partial charge >= 0.3 is 6.03 Å². The van der Waals surface area contributed by atoms with Gasteiger partial charge in [-0.25, -0.2) is 4.79 Å². The van der Waals surface area contributed by atoms with Gasteiger partial charge in [-0.15, -0.1) is 0 Å². The maximum absolute atomic E-state index is 11.0. The van der Waals surface area contributed by atoms with Crippen LogP contribution in [0.25, 0.3) is 0 Å². The van der Waals surface area contributed by atoms with Crippen LogP contribution in [-0.2, 0) is 6.61 Å². The molecule has 0 fully saturated rings. The Balaban J connectivity index is 1.99. The SMILES string of the molecule is CN(C(N)=O)c1ccc(OCc2cccc(Cl)c2)cc1. The van der Waals surface area contributed by atoms with Crippen LogP contribution in [0.4, 0.5) is 10.5 Å². The summed E-state index contributed by atoms with van der Waals surface area (Å²) in [5.74, 6) is 0.714. The van der Waals surface area contributed by atoms with Crippen molar-refractivity contribution in [2.75, 3.05) is 11.9 Å². The van der Waals surface area contributed by atoms with Gasteiger partial charge in [-0.2, -0.15) is 0 Å². The van der Waals surface area contributed by atoms with Gasteiger partial charge in [0.1, 0.15) is 12.4 Å². The van der Waals surface area contributed by atoms with Crippen LogP contribution in [0.2, 0.25) is 5.02 Å². The third-order valence-corrected chi connectivity index (χ3v) is 3.08. The van der Waals surface area contributed by atoms with Crippen molar-refractivity contribution in [3.8, 4) is 5.75 Å². The number of amides is 2. The van der Waals surface area contributed by atoms with Crippen LogP contribution in [0.3, 0.4) is 0 Å². The Morgan fingerprint density at radius 3 is 2.55 bits per heavy atom. The number of nitrogens with zero attached hydrogens (tertiary/aromatic N) is 1. The zero-order valence-corrected chi connectivity index (χ0v) is 11.8. The molecule has 0 spiro atoms. The molecular weight excluding hydrogens is 276 g/mol. The van der Waals surface area contributed by atoms with E-state index >= 15 is 0 Å². The van der Waals surface area contributed by atoms with Crippen molar-refractivity contribution in [3.05, 3.63) is 59.1 Å². The lowest BCUT2D eigenvalue weighted by atomic mass is 10.2. The molecule has 2 rings (SSSR count). The molecule has 0 unspecified atom stereocenters. The molecule has 0 radical (unpaired) electrons. The van der Waals surface area contributed by atoms with E-state index in [1.54, 1.807) is 31.3 Å². The highest BCUT2D eigenvalue weighted by molar-refractivity contribution is 6.30. The molecule has 2 aromatic rings. The van der Waals surface area contributed by atoms with Gasteiger partial charge < -0.3 is 10.5 Å². The molecule has 0 aliphatic heterocycles. The first-order valence-corrected chi connectivity index (χ1v) is 6.44. The fourth-order valence-electron chi connectivity index (χ4n) is 1.69. The Labute approximate surface area is 122 Å². The molecular formula is C15H15ClN2O2. The van der Waals surface area contributed by atoms with Crippen LogP contribution >= 0.6 is 11.6 Å². The molecule has 104 valence electrons. The van der Waals surface area contributed by atoms with Crippen molar-refractivity contribution < 1.29 is 9.53 Å². The average Bonchev–Trinajstić information content (AvgIpc) is 2.45. The van der Waals surface area contributed by atoms with Crippen molar-refractivity contribution in [2.45, 2.75) is 6.61 Å². The zero-order chi connectivity index (χ0) is 14.5. The van der Waals surface area contributed by atoms with Gasteiger partial charge in [0.05, 0.1) is 0 Å². The fourth-order valence-corrected chi connectivity index (χ4v) is 1.90. The van der Waals surface area contributed by atoms with Crippen molar-refractivity contribution in [1.29, 1.82) is 0 Å². The maximum Gasteiger partial charge on any atom is 0.318 e. The second-order valence-electron chi connectivity index (χ2n) is 4.31. The van der Waals surface area contributed by atoms with Gasteiger partial charge in [0, 0.05) is 17.8 Å². The summed E-state index contributed by atoms with van der Waals surface area (Å²) < 4.78 is 5.65. The minimum absolute atomic E-state index is 0.436. The lowest BCUT2D eigenvalue weighted by Crippen LogP contribution is -2.31. The predicted octanol–water partition coefficient (Wildman–Crippen LogP) is 3.43. The molecule has 0 heterocycles. The molecule has 0 saturated heterocycles. The molecule has 2 N–H and O–H groups in total. The average molecular weight is 291 g/mol. The lowest BCUT2D eigenvalue weighted by Gasteiger charge is -2.14. The summed E-state index contributed by atoms with van der Waals surface area (Å²) in [6, 6.07) is 14.1. The smallest absolute Gasteiger partial charge is 0.318 e. The Kier molecular flexibility index (Phi) is 4.48. The Bertz CT molecular complexity index is 599. The second kappa shape index (κ2) is 6.30. The standard InChI is InChI=1S/C15H15ClN2O2/c1-18(15(17)19)13-5-7-14(8-6-13)20-10-11-3-2-4-12(16)9-11/h2-9H,10H2,1H3,(H2,17,19). The van der Waals surface area contributed by atoms with E-state index in [9.17, 15) is 4.79 Å². The summed E-state index contributed by atoms with van der Waals surface area (Å²) in [4.78, 5) is 12.4. The third-order valence-electron chi connectivity index (χ3n) is 2.85. The summed E-state index contributed by atoms with van der Waals surface area (Å²) >= 11 is 5.91. The molecule has 0 atom stereocenters. The number of rotatable bonds is 4. The summed E-state index contributed by atoms with van der Waals surface area (Å²) in [6.07, 6.45) is 0. The Morgan fingerprint density at radius 1 is 1.25 bits per heavy atom. The normalized spacial score (nSPS) is 10.1. The zero-order valence-electron chi connectivity index (χ0n) is 11.0. The monoisotopic (exact) mass is 290 g/mol. The second-order valence-corrected chi connectivity index (χ2v) is 4.75. The largest absolute Gasteiger partial charge is 0.489 e. The Morgan fingerprint density at radius 2 is 1.95 bits per heavy atom. The number of urea groups is 1. The highest BCUT2D eigenvalue weighted by atomic mass is 35.5. The number of carbonyl (C=O) groups excluding carboxylic acids is 1. The first-order valence-electron chi connectivity index (χ1n) is 6.07. The molecule has 0 aromatic heterocycles. The number of hydrogen-bond donors (Lipinski definition) is 1. The number of halogens is 1. The molecule has 0 saturated carbocycles. The van der Waals surface area contributed by atoms with Crippen LogP contribution in [-0.4, -0.2) is 13.1 Å². The van der Waals surface area contributed by atoms with E-state index in [4.69, 9.17) is 22.1 Å². The van der Waals surface area contributed by atoms with E-state index in [2.05, 4.69) is 0 Å². The minimum atomic E-state index is -0.502. The van der Waals surface area contributed by atoms with E-state index in [0.29, 0.717) is 23.1 Å². The summed E-state index contributed by atoms with van der Waals surface area (Å²) in [7, 11) is 1.62. The molecule has 20 heavy (non-hydrogen) atoms. The lowest BCUT2D eigenvalue weighted by molar-refractivity contribution is 0.255. The first-order chi connectivity index (χ1) is 9.56. The molecule has 2 aromatic carbocycles. The highest BCUT2D eigenvalue weighted by Gasteiger charge is 2.06. The predicted molar refractivity (Wildman–Crippen MR) is 80.2 cm³/mol. The molecule has 2 amide bonds. The van der Waals surface area contributed by atoms with E-state index in [-0.39, 0.29) is 0 Å². The van der Waals surface area contributed by atoms with Crippen molar-refractivity contribution in [2.24, 2.45) is 5.73 Å². The Hall–Kier alpha value is -2.20. The molecule has 0 bridgehead atoms. The first kappa shape index (κ1) is 14.2. The van der Waals surface area contributed by atoms with Crippen LogP contribution in [0.5, 0.6) is 5.75 Å². The van der Waals surface area contributed by atoms with E-state index in [1.165, 1.54) is 4.90 Å². The minimum Gasteiger partial charge on any atom is -0.489 e. The molecule has 5 heteroatoms. The molecule has 0 aliphatic rings. The van der Waals surface area contributed by atoms with Crippen LogP contribution in [0.1, 0.15) is 5.56 Å². The van der Waals surface area contributed by atoms with E-state index < -0.39 is 6.03 Å². The number of hydrogen-bond acceptors (Lipinski definition) is 2. The van der Waals surface area contributed by atoms with Gasteiger partial charge in [0.2, 0.25) is 0 Å². The van der Waals surface area contributed by atoms with Gasteiger partial charge in [-0.1, -0.05) is 23.7 Å². The van der Waals surface area contributed by atoms with E-state index in [0.717, 1.165) is 5.56 Å². The van der Waals surface area contributed by atoms with Gasteiger partial charge in [-0.3, -0.25) is 4.90 Å². The molecule has 4 nitrogen and oxygen atoms in total. The van der Waals surface area contributed by atoms with Crippen molar-refractivity contribution >= 4 is 23.3 Å². The number of carbonyl (C=O) groups is 1. The number of primary amides is 1. The molecule has 0 aliphatic carbocycles. The van der Waals surface area contributed by atoms with Crippen LogP contribution in [0.15, 0.2) is 48.5 Å². The van der Waals surface area contributed by atoms with Gasteiger partial charge in [0.15, 0.2) is 0 Å². The number of nitrogens with two attached hydrogens (primary N) is 1. The number of ether oxygens (including phenoxy) is 1. The van der Waals surface area contributed by atoms with E-state index in [1.807, 2.05) is 24.3 Å². The number of anilines is 1. The van der Waals surface area contributed by atoms with Crippen molar-refractivity contribution in [3.63, 3.8) is 0 Å². The van der Waals surface area contributed by atoms with Gasteiger partial charge in [0.25, 0.3) is 0 Å². The van der Waals surface area contributed by atoms with Crippen LogP contribution in [0, 0.1) is 0 Å². The highest BCUT2D eigenvalue weighted by Crippen LogP contribution is 2.20. The number of benzene rings is 2. The fraction of sp³-hybridized carbons (Fsp3) is 0.133. The topological polar surface area (TPSA) is 55.6 Å². The van der Waals surface area contributed by atoms with Gasteiger partial charge in [-0.05, 0) is 42.0 Å². The summed E-state index contributed by atoms with van der Waals surface area (Å²) in [6.45, 7) is 0.436. The summed E-state index contributed by atoms with van der Waals surface area (Å²) in [5.41, 5.74) is 6.91. The van der Waals surface area contributed by atoms with Crippen molar-refractivity contribution in [1.82, 2.24) is 0 Å². The maximum atomic E-state index is 11.0. The third kappa shape index (κ3) is 3.65. The van der Waals surface area contributed by atoms with Crippen LogP contribution < -0.4 is 15.4 Å².